The molecule has 1 nitrogen and oxygen atoms in total. The highest BCUT2D eigenvalue weighted by molar-refractivity contribution is 5.35. The van der Waals surface area contributed by atoms with Crippen LogP contribution in [0, 0.1) is 13.8 Å². The van der Waals surface area contributed by atoms with Gasteiger partial charge >= 0.3 is 0 Å². The first-order chi connectivity index (χ1) is 5.66. The largest absolute Gasteiger partial charge is 0.322 e. The van der Waals surface area contributed by atoms with Crippen LogP contribution < -0.4 is 5.73 Å². The van der Waals surface area contributed by atoms with E-state index < -0.39 is 12.7 Å². The van der Waals surface area contributed by atoms with Crippen LogP contribution in [-0.4, -0.2) is 6.67 Å². The van der Waals surface area contributed by atoms with E-state index in [2.05, 4.69) is 0 Å². The first-order valence-electron chi connectivity index (χ1n) is 4.04. The van der Waals surface area contributed by atoms with E-state index in [0.717, 1.165) is 16.7 Å². The van der Waals surface area contributed by atoms with Crippen molar-refractivity contribution in [2.75, 3.05) is 6.67 Å². The third-order valence-corrected chi connectivity index (χ3v) is 2.08. The molecular weight excluding hydrogens is 153 g/mol. The second-order valence-corrected chi connectivity index (χ2v) is 3.07. The minimum absolute atomic E-state index is 0.466. The third-order valence-electron chi connectivity index (χ3n) is 2.08. The number of hydrogen-bond donors (Lipinski definition) is 1. The van der Waals surface area contributed by atoms with Crippen molar-refractivity contribution in [2.24, 2.45) is 5.73 Å². The van der Waals surface area contributed by atoms with Gasteiger partial charge in [-0.2, -0.15) is 0 Å². The molecule has 0 fully saturated rings. The number of hydrogen-bond acceptors (Lipinski definition) is 1. The first kappa shape index (κ1) is 9.20. The summed E-state index contributed by atoms with van der Waals surface area (Å²) in [6.07, 6.45) is 0. The van der Waals surface area contributed by atoms with Crippen LogP contribution in [0.15, 0.2) is 18.2 Å². The monoisotopic (exact) mass is 167 g/mol. The van der Waals surface area contributed by atoms with E-state index in [0.29, 0.717) is 0 Å². The first-order valence-corrected chi connectivity index (χ1v) is 4.04. The Balaban J connectivity index is 3.12. The normalized spacial score (nSPS) is 13.0. The molecule has 0 heterocycles. The van der Waals surface area contributed by atoms with Crippen molar-refractivity contribution in [1.82, 2.24) is 0 Å². The Kier molecular flexibility index (Phi) is 2.82. The fourth-order valence-corrected chi connectivity index (χ4v) is 1.49. The summed E-state index contributed by atoms with van der Waals surface area (Å²) < 4.78 is 12.3. The van der Waals surface area contributed by atoms with Gasteiger partial charge in [0.05, 0.1) is 6.04 Å². The summed E-state index contributed by atoms with van der Waals surface area (Å²) >= 11 is 0. The average molecular weight is 167 g/mol. The summed E-state index contributed by atoms with van der Waals surface area (Å²) in [5.41, 5.74) is 8.70. The highest BCUT2D eigenvalue weighted by Crippen LogP contribution is 2.19. The topological polar surface area (TPSA) is 26.0 Å². The van der Waals surface area contributed by atoms with E-state index >= 15 is 0 Å². The van der Waals surface area contributed by atoms with Crippen LogP contribution in [0.25, 0.3) is 0 Å². The average Bonchev–Trinajstić information content (AvgIpc) is 2.03. The number of aryl methyl sites for hydroxylation is 2. The minimum atomic E-state index is -0.494. The molecule has 1 rings (SSSR count). The quantitative estimate of drug-likeness (QED) is 0.718. The molecule has 0 aliphatic rings. The summed E-state index contributed by atoms with van der Waals surface area (Å²) in [6, 6.07) is 5.40. The van der Waals surface area contributed by atoms with Gasteiger partial charge < -0.3 is 5.73 Å². The second kappa shape index (κ2) is 3.68. The summed E-state index contributed by atoms with van der Waals surface area (Å²) in [5, 5.41) is 0. The van der Waals surface area contributed by atoms with Crippen molar-refractivity contribution in [1.29, 1.82) is 0 Å². The Morgan fingerprint density at radius 1 is 1.33 bits per heavy atom. The van der Waals surface area contributed by atoms with Crippen molar-refractivity contribution in [3.05, 3.63) is 34.9 Å². The predicted octanol–water partition coefficient (Wildman–Crippen LogP) is 2.27. The van der Waals surface area contributed by atoms with Crippen molar-refractivity contribution in [2.45, 2.75) is 19.9 Å². The molecule has 0 radical (unpaired) electrons. The van der Waals surface area contributed by atoms with Gasteiger partial charge in [0.2, 0.25) is 0 Å². The summed E-state index contributed by atoms with van der Waals surface area (Å²) in [7, 11) is 0. The third kappa shape index (κ3) is 1.64. The Morgan fingerprint density at radius 2 is 1.83 bits per heavy atom. The lowest BCUT2D eigenvalue weighted by Gasteiger charge is -2.13. The Bertz CT molecular complexity index is 250. The van der Waals surface area contributed by atoms with Gasteiger partial charge in [0, 0.05) is 0 Å². The van der Waals surface area contributed by atoms with Crippen LogP contribution in [0.1, 0.15) is 22.7 Å². The van der Waals surface area contributed by atoms with Crippen LogP contribution in [-0.2, 0) is 0 Å². The molecule has 0 aromatic heterocycles. The maximum absolute atomic E-state index is 12.3. The Labute approximate surface area is 72.4 Å². The molecule has 66 valence electrons. The molecule has 0 aliphatic heterocycles. The standard InChI is InChI=1S/C10H14FN/c1-7-4-3-5-8(2)10(7)9(12)6-11/h3-5,9H,6,12H2,1-2H3/t9-/m1/s1. The molecule has 1 atom stereocenters. The Morgan fingerprint density at radius 3 is 2.25 bits per heavy atom. The van der Waals surface area contributed by atoms with Crippen LogP contribution in [0.5, 0.6) is 0 Å². The summed E-state index contributed by atoms with van der Waals surface area (Å²) in [6.45, 7) is 3.42. The van der Waals surface area contributed by atoms with Crippen LogP contribution in [0.2, 0.25) is 0 Å². The highest BCUT2D eigenvalue weighted by atomic mass is 19.1. The predicted molar refractivity (Wildman–Crippen MR) is 48.8 cm³/mol. The maximum Gasteiger partial charge on any atom is 0.109 e. The van der Waals surface area contributed by atoms with Crippen molar-refractivity contribution in [3.63, 3.8) is 0 Å². The molecule has 0 aliphatic carbocycles. The lowest BCUT2D eigenvalue weighted by Crippen LogP contribution is -2.15. The molecule has 0 spiro atoms. The van der Waals surface area contributed by atoms with Crippen LogP contribution in [0.4, 0.5) is 4.39 Å². The molecule has 0 amide bonds. The molecule has 0 unspecified atom stereocenters. The van der Waals surface area contributed by atoms with E-state index in [4.69, 9.17) is 5.73 Å². The summed E-state index contributed by atoms with van der Waals surface area (Å²) in [5.74, 6) is 0. The van der Waals surface area contributed by atoms with E-state index in [1.165, 1.54) is 0 Å². The second-order valence-electron chi connectivity index (χ2n) is 3.07. The van der Waals surface area contributed by atoms with E-state index in [1.807, 2.05) is 32.0 Å². The van der Waals surface area contributed by atoms with Crippen molar-refractivity contribution in [3.8, 4) is 0 Å². The molecule has 12 heavy (non-hydrogen) atoms. The smallest absolute Gasteiger partial charge is 0.109 e. The van der Waals surface area contributed by atoms with E-state index in [1.54, 1.807) is 0 Å². The number of benzene rings is 1. The molecule has 0 saturated heterocycles. The Hall–Kier alpha value is -0.890. The zero-order chi connectivity index (χ0) is 9.14. The zero-order valence-electron chi connectivity index (χ0n) is 7.47. The van der Waals surface area contributed by atoms with Crippen molar-refractivity contribution < 1.29 is 4.39 Å². The van der Waals surface area contributed by atoms with Gasteiger partial charge in [-0.05, 0) is 30.5 Å². The molecule has 1 aromatic rings. The fraction of sp³-hybridized carbons (Fsp3) is 0.400. The maximum atomic E-state index is 12.3. The molecule has 0 bridgehead atoms. The van der Waals surface area contributed by atoms with Gasteiger partial charge in [-0.3, -0.25) is 0 Å². The van der Waals surface area contributed by atoms with Crippen LogP contribution >= 0.6 is 0 Å². The highest BCUT2D eigenvalue weighted by Gasteiger charge is 2.10. The molecule has 1 aromatic carbocycles. The number of halogens is 1. The SMILES string of the molecule is Cc1cccc(C)c1[C@H](N)CF. The zero-order valence-corrected chi connectivity index (χ0v) is 7.47. The van der Waals surface area contributed by atoms with Crippen molar-refractivity contribution >= 4 is 0 Å². The van der Waals surface area contributed by atoms with Gasteiger partial charge in [-0.15, -0.1) is 0 Å². The number of rotatable bonds is 2. The van der Waals surface area contributed by atoms with Gasteiger partial charge in [0.25, 0.3) is 0 Å². The number of nitrogens with two attached hydrogens (primary N) is 1. The van der Waals surface area contributed by atoms with Gasteiger partial charge in [0.1, 0.15) is 6.67 Å². The van der Waals surface area contributed by atoms with E-state index in [9.17, 15) is 4.39 Å². The minimum Gasteiger partial charge on any atom is -0.322 e. The molecule has 0 saturated carbocycles. The molecule has 2 N–H and O–H groups in total. The summed E-state index contributed by atoms with van der Waals surface area (Å²) in [4.78, 5) is 0. The van der Waals surface area contributed by atoms with E-state index in [-0.39, 0.29) is 0 Å². The molecule has 2 heteroatoms. The number of alkyl halides is 1. The lowest BCUT2D eigenvalue weighted by molar-refractivity contribution is 0.435. The van der Waals surface area contributed by atoms with Gasteiger partial charge in [0.15, 0.2) is 0 Å². The van der Waals surface area contributed by atoms with Gasteiger partial charge in [-0.1, -0.05) is 18.2 Å². The van der Waals surface area contributed by atoms with Gasteiger partial charge in [-0.25, -0.2) is 4.39 Å². The van der Waals surface area contributed by atoms with Crippen LogP contribution in [0.3, 0.4) is 0 Å². The lowest BCUT2D eigenvalue weighted by atomic mass is 9.97. The molecular formula is C10H14FN. The fourth-order valence-electron chi connectivity index (χ4n) is 1.49.